The maximum atomic E-state index is 10.7. The maximum absolute atomic E-state index is 10.7. The SMILES string of the molecule is O=C(O)c1ccc(NCCC#Cc2ccco2)cc1. The van der Waals surface area contributed by atoms with Crippen molar-refractivity contribution in [2.75, 3.05) is 11.9 Å². The Kier molecular flexibility index (Phi) is 4.25. The number of carbonyl (C=O) groups is 1. The number of furan rings is 1. The second kappa shape index (κ2) is 6.31. The predicted octanol–water partition coefficient (Wildman–Crippen LogP) is 2.83. The molecule has 0 saturated carbocycles. The summed E-state index contributed by atoms with van der Waals surface area (Å²) in [7, 11) is 0. The van der Waals surface area contributed by atoms with Gasteiger partial charge >= 0.3 is 5.97 Å². The highest BCUT2D eigenvalue weighted by molar-refractivity contribution is 5.87. The lowest BCUT2D eigenvalue weighted by Crippen LogP contribution is -2.01. The molecule has 2 N–H and O–H groups in total. The van der Waals surface area contributed by atoms with Gasteiger partial charge in [-0.1, -0.05) is 5.92 Å². The summed E-state index contributed by atoms with van der Waals surface area (Å²) < 4.78 is 5.08. The van der Waals surface area contributed by atoms with Crippen LogP contribution in [0.4, 0.5) is 5.69 Å². The predicted molar refractivity (Wildman–Crippen MR) is 72.1 cm³/mol. The number of rotatable bonds is 4. The molecule has 0 aliphatic heterocycles. The summed E-state index contributed by atoms with van der Waals surface area (Å²) in [4.78, 5) is 10.7. The maximum Gasteiger partial charge on any atom is 0.335 e. The van der Waals surface area contributed by atoms with Crippen LogP contribution in [0.5, 0.6) is 0 Å². The molecule has 0 aliphatic carbocycles. The Morgan fingerprint density at radius 2 is 2.05 bits per heavy atom. The van der Waals surface area contributed by atoms with E-state index in [0.29, 0.717) is 18.7 Å². The molecule has 2 rings (SSSR count). The van der Waals surface area contributed by atoms with E-state index in [9.17, 15) is 4.79 Å². The zero-order chi connectivity index (χ0) is 13.5. The van der Waals surface area contributed by atoms with Crippen LogP contribution in [0.1, 0.15) is 22.5 Å². The molecule has 0 unspecified atom stereocenters. The van der Waals surface area contributed by atoms with Crippen molar-refractivity contribution in [3.8, 4) is 11.8 Å². The molecule has 19 heavy (non-hydrogen) atoms. The first kappa shape index (κ1) is 12.8. The molecule has 0 saturated heterocycles. The van der Waals surface area contributed by atoms with Crippen LogP contribution in [0.3, 0.4) is 0 Å². The highest BCUT2D eigenvalue weighted by Gasteiger charge is 2.00. The van der Waals surface area contributed by atoms with Crippen molar-refractivity contribution in [2.45, 2.75) is 6.42 Å². The standard InChI is InChI=1S/C15H13NO3/c17-15(18)12-6-8-13(9-7-12)16-10-2-1-4-14-5-3-11-19-14/h3,5-9,11,16H,2,10H2,(H,17,18). The van der Waals surface area contributed by atoms with Gasteiger partial charge in [-0.05, 0) is 42.3 Å². The van der Waals surface area contributed by atoms with Crippen molar-refractivity contribution >= 4 is 11.7 Å². The molecular weight excluding hydrogens is 242 g/mol. The van der Waals surface area contributed by atoms with E-state index in [1.54, 1.807) is 36.6 Å². The van der Waals surface area contributed by atoms with Gasteiger partial charge in [0.2, 0.25) is 0 Å². The van der Waals surface area contributed by atoms with Gasteiger partial charge in [-0.25, -0.2) is 4.79 Å². The Labute approximate surface area is 111 Å². The molecule has 0 amide bonds. The van der Waals surface area contributed by atoms with Crippen molar-refractivity contribution in [3.05, 3.63) is 54.0 Å². The van der Waals surface area contributed by atoms with Crippen LogP contribution < -0.4 is 5.32 Å². The molecule has 96 valence electrons. The minimum atomic E-state index is -0.920. The Morgan fingerprint density at radius 3 is 2.68 bits per heavy atom. The zero-order valence-corrected chi connectivity index (χ0v) is 10.2. The van der Waals surface area contributed by atoms with Crippen LogP contribution in [-0.4, -0.2) is 17.6 Å². The normalized spacial score (nSPS) is 9.47. The van der Waals surface area contributed by atoms with Gasteiger partial charge in [-0.3, -0.25) is 0 Å². The van der Waals surface area contributed by atoms with Crippen molar-refractivity contribution < 1.29 is 14.3 Å². The summed E-state index contributed by atoms with van der Waals surface area (Å²) >= 11 is 0. The Morgan fingerprint density at radius 1 is 1.26 bits per heavy atom. The van der Waals surface area contributed by atoms with Crippen molar-refractivity contribution in [3.63, 3.8) is 0 Å². The fourth-order valence-electron chi connectivity index (χ4n) is 1.50. The van der Waals surface area contributed by atoms with E-state index in [4.69, 9.17) is 9.52 Å². The lowest BCUT2D eigenvalue weighted by atomic mass is 10.2. The Hall–Kier alpha value is -2.67. The van der Waals surface area contributed by atoms with Crippen LogP contribution in [0, 0.1) is 11.8 Å². The quantitative estimate of drug-likeness (QED) is 0.651. The van der Waals surface area contributed by atoms with E-state index in [0.717, 1.165) is 5.69 Å². The van der Waals surface area contributed by atoms with Gasteiger partial charge in [-0.2, -0.15) is 0 Å². The monoisotopic (exact) mass is 255 g/mol. The minimum absolute atomic E-state index is 0.281. The highest BCUT2D eigenvalue weighted by atomic mass is 16.4. The highest BCUT2D eigenvalue weighted by Crippen LogP contribution is 2.09. The van der Waals surface area contributed by atoms with Gasteiger partial charge in [0.25, 0.3) is 0 Å². The third-order valence-electron chi connectivity index (χ3n) is 2.44. The number of anilines is 1. The second-order valence-corrected chi connectivity index (χ2v) is 3.84. The summed E-state index contributed by atoms with van der Waals surface area (Å²) in [5, 5.41) is 11.9. The summed E-state index contributed by atoms with van der Waals surface area (Å²) in [5.41, 5.74) is 1.16. The van der Waals surface area contributed by atoms with E-state index < -0.39 is 5.97 Å². The van der Waals surface area contributed by atoms with E-state index in [1.165, 1.54) is 0 Å². The summed E-state index contributed by atoms with van der Waals surface area (Å²) in [6.07, 6.45) is 2.27. The molecule has 4 heteroatoms. The fourth-order valence-corrected chi connectivity index (χ4v) is 1.50. The second-order valence-electron chi connectivity index (χ2n) is 3.84. The van der Waals surface area contributed by atoms with Crippen LogP contribution in [0.2, 0.25) is 0 Å². The Bertz CT molecular complexity index is 589. The summed E-state index contributed by atoms with van der Waals surface area (Å²) in [6.45, 7) is 0.695. The van der Waals surface area contributed by atoms with Gasteiger partial charge in [0.1, 0.15) is 0 Å². The fraction of sp³-hybridized carbons (Fsp3) is 0.133. The average Bonchev–Trinajstić information content (AvgIpc) is 2.92. The van der Waals surface area contributed by atoms with Crippen molar-refractivity contribution in [1.29, 1.82) is 0 Å². The minimum Gasteiger partial charge on any atom is -0.478 e. The molecule has 1 aromatic heterocycles. The van der Waals surface area contributed by atoms with Crippen LogP contribution in [0.25, 0.3) is 0 Å². The molecule has 0 radical (unpaired) electrons. The third-order valence-corrected chi connectivity index (χ3v) is 2.44. The largest absolute Gasteiger partial charge is 0.478 e. The van der Waals surface area contributed by atoms with Crippen molar-refractivity contribution in [2.24, 2.45) is 0 Å². The van der Waals surface area contributed by atoms with Gasteiger partial charge in [0, 0.05) is 18.7 Å². The van der Waals surface area contributed by atoms with E-state index >= 15 is 0 Å². The zero-order valence-electron chi connectivity index (χ0n) is 10.2. The van der Waals surface area contributed by atoms with Gasteiger partial charge in [-0.15, -0.1) is 0 Å². The summed E-state index contributed by atoms with van der Waals surface area (Å²) in [5.74, 6) is 5.63. The molecule has 1 heterocycles. The number of hydrogen-bond donors (Lipinski definition) is 2. The van der Waals surface area contributed by atoms with E-state index in [1.807, 2.05) is 6.07 Å². The molecule has 0 bridgehead atoms. The number of carboxylic acid groups (broad SMARTS) is 1. The topological polar surface area (TPSA) is 62.5 Å². The summed E-state index contributed by atoms with van der Waals surface area (Å²) in [6, 6.07) is 10.2. The third kappa shape index (κ3) is 3.93. The Balaban J connectivity index is 1.78. The molecule has 0 atom stereocenters. The van der Waals surface area contributed by atoms with E-state index in [-0.39, 0.29) is 5.56 Å². The number of hydrogen-bond acceptors (Lipinski definition) is 3. The molecule has 1 aromatic carbocycles. The molecular formula is C15H13NO3. The number of carboxylic acids is 1. The molecule has 0 fully saturated rings. The van der Waals surface area contributed by atoms with Crippen molar-refractivity contribution in [1.82, 2.24) is 0 Å². The van der Waals surface area contributed by atoms with Crippen LogP contribution >= 0.6 is 0 Å². The first-order valence-corrected chi connectivity index (χ1v) is 5.85. The smallest absolute Gasteiger partial charge is 0.335 e. The van der Waals surface area contributed by atoms with E-state index in [2.05, 4.69) is 17.2 Å². The molecule has 0 spiro atoms. The van der Waals surface area contributed by atoms with Gasteiger partial charge in [0.05, 0.1) is 11.8 Å². The number of benzene rings is 1. The number of nitrogens with one attached hydrogen (secondary N) is 1. The first-order chi connectivity index (χ1) is 9.25. The van der Waals surface area contributed by atoms with Crippen LogP contribution in [-0.2, 0) is 0 Å². The van der Waals surface area contributed by atoms with Crippen LogP contribution in [0.15, 0.2) is 47.1 Å². The first-order valence-electron chi connectivity index (χ1n) is 5.85. The number of aromatic carboxylic acids is 1. The molecule has 4 nitrogen and oxygen atoms in total. The average molecular weight is 255 g/mol. The van der Waals surface area contributed by atoms with Gasteiger partial charge in [0.15, 0.2) is 5.76 Å². The molecule has 0 aliphatic rings. The lowest BCUT2D eigenvalue weighted by Gasteiger charge is -2.03. The molecule has 2 aromatic rings. The lowest BCUT2D eigenvalue weighted by molar-refractivity contribution is 0.0697. The van der Waals surface area contributed by atoms with Gasteiger partial charge < -0.3 is 14.8 Å².